The minimum absolute atomic E-state index is 0.0488. The molecule has 1 N–H and O–H groups in total. The molecule has 1 heterocycles. The lowest BCUT2D eigenvalue weighted by Gasteiger charge is -2.32. The van der Waals surface area contributed by atoms with Gasteiger partial charge in [-0.25, -0.2) is 0 Å². The van der Waals surface area contributed by atoms with Crippen molar-refractivity contribution in [3.05, 3.63) is 45.6 Å². The van der Waals surface area contributed by atoms with Crippen LogP contribution in [0.3, 0.4) is 0 Å². The number of amides is 1. The highest BCUT2D eigenvalue weighted by Gasteiger charge is 2.35. The molecule has 1 amide bonds. The zero-order chi connectivity index (χ0) is 16.6. The van der Waals surface area contributed by atoms with Crippen LogP contribution in [-0.4, -0.2) is 19.1 Å². The first-order valence-electron chi connectivity index (χ1n) is 8.30. The van der Waals surface area contributed by atoms with Crippen LogP contribution in [0.2, 0.25) is 0 Å². The number of allylic oxidation sites excluding steroid dienone is 6. The Bertz CT molecular complexity index is 627. The molecule has 4 heteroatoms. The van der Waals surface area contributed by atoms with Crippen LogP contribution in [0.4, 0.5) is 0 Å². The first-order valence-corrected chi connectivity index (χ1v) is 9.10. The van der Waals surface area contributed by atoms with Crippen LogP contribution < -0.4 is 5.32 Å². The number of carbonyl (C=O) groups is 1. The van der Waals surface area contributed by atoms with Crippen molar-refractivity contribution in [1.29, 1.82) is 0 Å². The van der Waals surface area contributed by atoms with Gasteiger partial charge in [0.25, 0.3) is 5.91 Å². The van der Waals surface area contributed by atoms with Gasteiger partial charge in [-0.3, -0.25) is 4.79 Å². The molecule has 23 heavy (non-hydrogen) atoms. The van der Waals surface area contributed by atoms with E-state index in [9.17, 15) is 4.79 Å². The van der Waals surface area contributed by atoms with E-state index in [0.29, 0.717) is 11.8 Å². The van der Waals surface area contributed by atoms with Crippen LogP contribution in [0, 0.1) is 17.8 Å². The standard InChI is InChI=1S/C19H24BrNO2/c1-11(2)14-8-12(4-7-18(14)23-3)9-16-15-10-13(20)5-6-17(15)21-19(16)22/h4-6,9,11,14-15,18H,7-8,10H2,1-3H3,(H,21,22)/b16-9+/t14?,15?,18-/m0/s1. The average Bonchev–Trinajstić information content (AvgIpc) is 2.83. The quantitative estimate of drug-likeness (QED) is 0.747. The number of rotatable bonds is 3. The fraction of sp³-hybridized carbons (Fsp3) is 0.526. The third-order valence-corrected chi connectivity index (χ3v) is 5.76. The molecule has 3 aliphatic rings. The molecule has 3 rings (SSSR count). The van der Waals surface area contributed by atoms with Gasteiger partial charge in [0.2, 0.25) is 0 Å². The number of fused-ring (bicyclic) bond motifs is 1. The van der Waals surface area contributed by atoms with E-state index in [1.54, 1.807) is 7.11 Å². The topological polar surface area (TPSA) is 38.3 Å². The molecular formula is C19H24BrNO2. The van der Waals surface area contributed by atoms with Gasteiger partial charge in [0.1, 0.15) is 0 Å². The zero-order valence-electron chi connectivity index (χ0n) is 13.9. The number of hydrogen-bond donors (Lipinski definition) is 1. The van der Waals surface area contributed by atoms with Gasteiger partial charge in [-0.2, -0.15) is 0 Å². The van der Waals surface area contributed by atoms with Crippen LogP contribution >= 0.6 is 15.9 Å². The summed E-state index contributed by atoms with van der Waals surface area (Å²) in [6, 6.07) is 0. The van der Waals surface area contributed by atoms with Gasteiger partial charge in [-0.05, 0) is 47.7 Å². The molecule has 1 saturated heterocycles. The minimum Gasteiger partial charge on any atom is -0.381 e. The highest BCUT2D eigenvalue weighted by molar-refractivity contribution is 9.11. The number of nitrogens with one attached hydrogen (secondary N) is 1. The Kier molecular flexibility index (Phi) is 4.93. The Labute approximate surface area is 146 Å². The molecule has 0 spiro atoms. The van der Waals surface area contributed by atoms with E-state index in [1.165, 1.54) is 5.57 Å². The molecule has 3 atom stereocenters. The summed E-state index contributed by atoms with van der Waals surface area (Å²) in [6.07, 6.45) is 11.4. The first kappa shape index (κ1) is 16.7. The normalized spacial score (nSPS) is 32.4. The number of carbonyl (C=O) groups excluding carboxylic acids is 1. The maximum absolute atomic E-state index is 12.3. The summed E-state index contributed by atoms with van der Waals surface area (Å²) < 4.78 is 6.78. The Balaban J connectivity index is 1.84. The third kappa shape index (κ3) is 3.38. The minimum atomic E-state index is 0.0488. The largest absolute Gasteiger partial charge is 0.381 e. The maximum Gasteiger partial charge on any atom is 0.252 e. The lowest BCUT2D eigenvalue weighted by atomic mass is 9.78. The van der Waals surface area contributed by atoms with Gasteiger partial charge in [0, 0.05) is 24.3 Å². The Hall–Kier alpha value is -1.13. The smallest absolute Gasteiger partial charge is 0.252 e. The summed E-state index contributed by atoms with van der Waals surface area (Å²) in [7, 11) is 1.80. The predicted octanol–water partition coefficient (Wildman–Crippen LogP) is 4.23. The second-order valence-electron chi connectivity index (χ2n) is 6.95. The molecule has 2 aliphatic carbocycles. The van der Waals surface area contributed by atoms with E-state index in [2.05, 4.69) is 47.2 Å². The summed E-state index contributed by atoms with van der Waals surface area (Å²) in [4.78, 5) is 12.3. The molecule has 3 nitrogen and oxygen atoms in total. The Morgan fingerprint density at radius 3 is 2.83 bits per heavy atom. The van der Waals surface area contributed by atoms with Crippen molar-refractivity contribution in [1.82, 2.24) is 5.32 Å². The van der Waals surface area contributed by atoms with Crippen LogP contribution in [0.5, 0.6) is 0 Å². The van der Waals surface area contributed by atoms with Crippen molar-refractivity contribution < 1.29 is 9.53 Å². The van der Waals surface area contributed by atoms with Gasteiger partial charge in [0.05, 0.1) is 6.10 Å². The van der Waals surface area contributed by atoms with Crippen molar-refractivity contribution in [2.24, 2.45) is 17.8 Å². The molecule has 0 aromatic rings. The van der Waals surface area contributed by atoms with E-state index < -0.39 is 0 Å². The van der Waals surface area contributed by atoms with Crippen molar-refractivity contribution in [2.45, 2.75) is 39.2 Å². The van der Waals surface area contributed by atoms with E-state index >= 15 is 0 Å². The highest BCUT2D eigenvalue weighted by atomic mass is 79.9. The zero-order valence-corrected chi connectivity index (χ0v) is 15.5. The molecule has 0 radical (unpaired) electrons. The average molecular weight is 378 g/mol. The molecule has 1 aliphatic heterocycles. The van der Waals surface area contributed by atoms with E-state index in [1.807, 2.05) is 12.2 Å². The highest BCUT2D eigenvalue weighted by Crippen LogP contribution is 2.39. The molecule has 1 fully saturated rings. The molecular weight excluding hydrogens is 354 g/mol. The van der Waals surface area contributed by atoms with Crippen LogP contribution in [0.1, 0.15) is 33.1 Å². The second-order valence-corrected chi connectivity index (χ2v) is 7.97. The van der Waals surface area contributed by atoms with E-state index in [0.717, 1.165) is 35.0 Å². The molecule has 0 aromatic heterocycles. The van der Waals surface area contributed by atoms with Crippen molar-refractivity contribution in [3.63, 3.8) is 0 Å². The van der Waals surface area contributed by atoms with E-state index in [-0.39, 0.29) is 17.9 Å². The van der Waals surface area contributed by atoms with Crippen LogP contribution in [0.15, 0.2) is 45.6 Å². The predicted molar refractivity (Wildman–Crippen MR) is 95.9 cm³/mol. The van der Waals surface area contributed by atoms with Gasteiger partial charge in [-0.1, -0.05) is 47.5 Å². The Morgan fingerprint density at radius 1 is 1.35 bits per heavy atom. The van der Waals surface area contributed by atoms with Gasteiger partial charge in [0.15, 0.2) is 0 Å². The lowest BCUT2D eigenvalue weighted by Crippen LogP contribution is -2.30. The van der Waals surface area contributed by atoms with Crippen molar-refractivity contribution >= 4 is 21.8 Å². The Morgan fingerprint density at radius 2 is 2.13 bits per heavy atom. The SMILES string of the molecule is CO[C@H]1CC=C(/C=C2/C(=O)NC3=CC=C(Br)CC32)CC1C(C)C. The van der Waals surface area contributed by atoms with E-state index in [4.69, 9.17) is 4.74 Å². The monoisotopic (exact) mass is 377 g/mol. The third-order valence-electron chi connectivity index (χ3n) is 5.17. The number of hydrogen-bond acceptors (Lipinski definition) is 2. The molecule has 0 aromatic carbocycles. The number of ether oxygens (including phenoxy) is 1. The molecule has 0 saturated carbocycles. The fourth-order valence-corrected chi connectivity index (χ4v) is 4.24. The number of methoxy groups -OCH3 is 1. The van der Waals surface area contributed by atoms with Crippen LogP contribution in [0.25, 0.3) is 0 Å². The summed E-state index contributed by atoms with van der Waals surface area (Å²) in [6.45, 7) is 4.50. The van der Waals surface area contributed by atoms with Gasteiger partial charge in [-0.15, -0.1) is 0 Å². The molecule has 124 valence electrons. The maximum atomic E-state index is 12.3. The van der Waals surface area contributed by atoms with Crippen molar-refractivity contribution in [3.8, 4) is 0 Å². The van der Waals surface area contributed by atoms with Crippen LogP contribution in [-0.2, 0) is 9.53 Å². The second kappa shape index (κ2) is 6.78. The fourth-order valence-electron chi connectivity index (χ4n) is 3.79. The summed E-state index contributed by atoms with van der Waals surface area (Å²) >= 11 is 3.56. The van der Waals surface area contributed by atoms with Gasteiger partial charge >= 0.3 is 0 Å². The first-order chi connectivity index (χ1) is 11.0. The summed E-state index contributed by atoms with van der Waals surface area (Å²) in [5, 5.41) is 3.01. The molecule has 2 unspecified atom stereocenters. The number of halogens is 1. The summed E-state index contributed by atoms with van der Waals surface area (Å²) in [5.74, 6) is 1.30. The van der Waals surface area contributed by atoms with Gasteiger partial charge < -0.3 is 10.1 Å². The lowest BCUT2D eigenvalue weighted by molar-refractivity contribution is -0.115. The van der Waals surface area contributed by atoms with Crippen molar-refractivity contribution in [2.75, 3.05) is 7.11 Å². The summed E-state index contributed by atoms with van der Waals surface area (Å²) in [5.41, 5.74) is 3.19. The molecule has 0 bridgehead atoms.